The molecule has 0 amide bonds. The van der Waals surface area contributed by atoms with Crippen LogP contribution in [0.1, 0.15) is 23.1 Å². The van der Waals surface area contributed by atoms with Crippen LogP contribution in [0, 0.1) is 18.6 Å². The lowest BCUT2D eigenvalue weighted by Crippen LogP contribution is -2.32. The fourth-order valence-corrected chi connectivity index (χ4v) is 3.97. The van der Waals surface area contributed by atoms with Gasteiger partial charge in [0.05, 0.1) is 30.7 Å². The third-order valence-electron chi connectivity index (χ3n) is 5.40. The molecule has 0 radical (unpaired) electrons. The predicted molar refractivity (Wildman–Crippen MR) is 91.7 cm³/mol. The number of likely N-dealkylation sites (tertiary alicyclic amines) is 1. The smallest absolute Gasteiger partial charge is 0.135 e. The molecule has 4 heterocycles. The molecule has 6 nitrogen and oxygen atoms in total. The van der Waals surface area contributed by atoms with Crippen LogP contribution in [0.4, 0.5) is 8.78 Å². The first-order chi connectivity index (χ1) is 13.1. The number of benzene rings is 1. The van der Waals surface area contributed by atoms with Gasteiger partial charge in [-0.2, -0.15) is 0 Å². The lowest BCUT2D eigenvalue weighted by Gasteiger charge is -2.26. The maximum Gasteiger partial charge on any atom is 0.135 e. The summed E-state index contributed by atoms with van der Waals surface area (Å²) in [5, 5.41) is 8.44. The number of nitrogens with zero attached hydrogens (tertiary/aromatic N) is 4. The van der Waals surface area contributed by atoms with Gasteiger partial charge in [-0.1, -0.05) is 5.21 Å². The van der Waals surface area contributed by atoms with Gasteiger partial charge in [-0.05, 0) is 25.1 Å². The van der Waals surface area contributed by atoms with Crippen molar-refractivity contribution in [3.63, 3.8) is 0 Å². The molecule has 2 atom stereocenters. The largest absolute Gasteiger partial charge is 0.469 e. The quantitative estimate of drug-likeness (QED) is 0.707. The maximum atomic E-state index is 14.2. The van der Waals surface area contributed by atoms with Crippen molar-refractivity contribution in [1.82, 2.24) is 19.9 Å². The molecule has 1 saturated heterocycles. The first kappa shape index (κ1) is 16.6. The summed E-state index contributed by atoms with van der Waals surface area (Å²) in [6.45, 7) is 4.58. The Labute approximate surface area is 154 Å². The first-order valence-corrected chi connectivity index (χ1v) is 8.86. The van der Waals surface area contributed by atoms with E-state index in [1.807, 2.05) is 17.7 Å². The van der Waals surface area contributed by atoms with Gasteiger partial charge in [-0.25, -0.2) is 13.5 Å². The molecule has 0 saturated carbocycles. The summed E-state index contributed by atoms with van der Waals surface area (Å²) < 4.78 is 40.6. The fraction of sp³-hybridized carbons (Fsp3) is 0.368. The van der Waals surface area contributed by atoms with Crippen molar-refractivity contribution in [3.05, 3.63) is 59.2 Å². The zero-order valence-corrected chi connectivity index (χ0v) is 14.7. The van der Waals surface area contributed by atoms with Crippen molar-refractivity contribution >= 4 is 0 Å². The normalized spacial score (nSPS) is 22.0. The molecule has 27 heavy (non-hydrogen) atoms. The number of hydrogen-bond acceptors (Lipinski definition) is 5. The van der Waals surface area contributed by atoms with E-state index in [0.29, 0.717) is 12.3 Å². The van der Waals surface area contributed by atoms with Crippen molar-refractivity contribution in [2.45, 2.75) is 32.2 Å². The third kappa shape index (κ3) is 2.76. The minimum Gasteiger partial charge on any atom is -0.469 e. The molecule has 0 bridgehead atoms. The number of rotatable bonds is 3. The topological polar surface area (TPSA) is 56.3 Å². The Morgan fingerprint density at radius 2 is 2.11 bits per heavy atom. The van der Waals surface area contributed by atoms with Crippen molar-refractivity contribution < 1.29 is 17.9 Å². The molecule has 8 heteroatoms. The second kappa shape index (κ2) is 6.24. The Bertz CT molecular complexity index is 1000. The molecule has 0 N–H and O–H groups in total. The minimum atomic E-state index is -0.649. The van der Waals surface area contributed by atoms with Gasteiger partial charge in [0.1, 0.15) is 23.1 Å². The van der Waals surface area contributed by atoms with E-state index in [2.05, 4.69) is 15.2 Å². The lowest BCUT2D eigenvalue weighted by atomic mass is 10.1. The fourth-order valence-electron chi connectivity index (χ4n) is 3.97. The van der Waals surface area contributed by atoms with Crippen molar-refractivity contribution in [2.75, 3.05) is 13.1 Å². The van der Waals surface area contributed by atoms with Crippen LogP contribution in [-0.4, -0.2) is 39.1 Å². The van der Waals surface area contributed by atoms with Gasteiger partial charge in [0.15, 0.2) is 0 Å². The summed E-state index contributed by atoms with van der Waals surface area (Å²) >= 11 is 0. The van der Waals surface area contributed by atoms with Crippen LogP contribution in [0.2, 0.25) is 0 Å². The number of aryl methyl sites for hydroxylation is 1. The average molecular weight is 372 g/mol. The van der Waals surface area contributed by atoms with E-state index in [9.17, 15) is 8.78 Å². The molecule has 1 aromatic carbocycles. The van der Waals surface area contributed by atoms with Crippen LogP contribution < -0.4 is 0 Å². The molecule has 5 rings (SSSR count). The first-order valence-electron chi connectivity index (χ1n) is 8.86. The van der Waals surface area contributed by atoms with Gasteiger partial charge in [0.25, 0.3) is 0 Å². The van der Waals surface area contributed by atoms with E-state index in [0.717, 1.165) is 42.7 Å². The molecule has 2 aliphatic heterocycles. The van der Waals surface area contributed by atoms with Gasteiger partial charge in [0.2, 0.25) is 0 Å². The van der Waals surface area contributed by atoms with Gasteiger partial charge in [-0.15, -0.1) is 5.10 Å². The van der Waals surface area contributed by atoms with E-state index in [1.165, 1.54) is 12.1 Å². The molecular weight excluding hydrogens is 354 g/mol. The number of hydrogen-bond donors (Lipinski definition) is 0. The summed E-state index contributed by atoms with van der Waals surface area (Å²) in [4.78, 5) is 2.29. The van der Waals surface area contributed by atoms with Crippen LogP contribution >= 0.6 is 0 Å². The zero-order chi connectivity index (χ0) is 18.5. The summed E-state index contributed by atoms with van der Waals surface area (Å²) in [5.74, 6) is -0.347. The number of fused-ring (bicyclic) bond motifs is 3. The third-order valence-corrected chi connectivity index (χ3v) is 5.40. The maximum absolute atomic E-state index is 14.2. The van der Waals surface area contributed by atoms with E-state index in [4.69, 9.17) is 9.15 Å². The second-order valence-corrected chi connectivity index (χ2v) is 7.07. The summed E-state index contributed by atoms with van der Waals surface area (Å²) in [6.07, 6.45) is 1.71. The molecule has 0 aliphatic carbocycles. The monoisotopic (exact) mass is 372 g/mol. The number of furan rings is 1. The predicted octanol–water partition coefficient (Wildman–Crippen LogP) is 3.08. The van der Waals surface area contributed by atoms with E-state index < -0.39 is 11.6 Å². The lowest BCUT2D eigenvalue weighted by molar-refractivity contribution is -0.00495. The zero-order valence-electron chi connectivity index (χ0n) is 14.7. The van der Waals surface area contributed by atoms with Crippen LogP contribution in [-0.2, 0) is 17.9 Å². The number of ether oxygens (including phenoxy) is 1. The molecule has 2 aliphatic rings. The Morgan fingerprint density at radius 1 is 1.22 bits per heavy atom. The van der Waals surface area contributed by atoms with Crippen LogP contribution in [0.25, 0.3) is 11.3 Å². The highest BCUT2D eigenvalue weighted by Crippen LogP contribution is 2.35. The SMILES string of the molecule is Cc1occc1CN1C[C@@H]2[C@@H](C1)OCc1c(-c3ccc(F)cc3F)nnn12. The molecule has 2 aromatic heterocycles. The molecule has 0 spiro atoms. The van der Waals surface area contributed by atoms with Crippen LogP contribution in [0.5, 0.6) is 0 Å². The summed E-state index contributed by atoms with van der Waals surface area (Å²) in [7, 11) is 0. The average Bonchev–Trinajstić information content (AvgIpc) is 3.33. The molecule has 3 aromatic rings. The Kier molecular flexibility index (Phi) is 3.84. The van der Waals surface area contributed by atoms with Gasteiger partial charge >= 0.3 is 0 Å². The molecule has 140 valence electrons. The van der Waals surface area contributed by atoms with Crippen LogP contribution in [0.15, 0.2) is 34.9 Å². The number of aromatic nitrogens is 3. The second-order valence-electron chi connectivity index (χ2n) is 7.07. The Morgan fingerprint density at radius 3 is 2.89 bits per heavy atom. The standard InChI is InChI=1S/C19H18F2N4O2/c1-11-12(4-5-26-11)7-24-8-16-18(9-24)27-10-17-19(22-23-25(16)17)14-3-2-13(20)6-15(14)21/h2-6,16,18H,7-10H2,1H3/t16-,18-/m1/s1. The van der Waals surface area contributed by atoms with Crippen molar-refractivity contribution in [2.24, 2.45) is 0 Å². The van der Waals surface area contributed by atoms with E-state index in [1.54, 1.807) is 6.26 Å². The van der Waals surface area contributed by atoms with Crippen LogP contribution in [0.3, 0.4) is 0 Å². The van der Waals surface area contributed by atoms with Gasteiger partial charge in [0, 0.05) is 36.8 Å². The molecule has 0 unspecified atom stereocenters. The Balaban J connectivity index is 1.42. The number of halogens is 2. The summed E-state index contributed by atoms with van der Waals surface area (Å²) in [5.41, 5.74) is 2.53. The van der Waals surface area contributed by atoms with E-state index in [-0.39, 0.29) is 17.7 Å². The van der Waals surface area contributed by atoms with E-state index >= 15 is 0 Å². The van der Waals surface area contributed by atoms with Gasteiger partial charge in [-0.3, -0.25) is 4.90 Å². The minimum absolute atomic E-state index is 0.0114. The highest BCUT2D eigenvalue weighted by molar-refractivity contribution is 5.62. The van der Waals surface area contributed by atoms with Gasteiger partial charge < -0.3 is 9.15 Å². The highest BCUT2D eigenvalue weighted by atomic mass is 19.1. The molecular formula is C19H18F2N4O2. The highest BCUT2D eigenvalue weighted by Gasteiger charge is 2.41. The Hall–Kier alpha value is -2.58. The van der Waals surface area contributed by atoms with Crippen molar-refractivity contribution in [3.8, 4) is 11.3 Å². The molecule has 1 fully saturated rings. The van der Waals surface area contributed by atoms with Crippen molar-refractivity contribution in [1.29, 1.82) is 0 Å². The summed E-state index contributed by atoms with van der Waals surface area (Å²) in [6, 6.07) is 5.48.